The highest BCUT2D eigenvalue weighted by Crippen LogP contribution is 2.48. The number of sulfonamides is 1. The molecule has 1 atom stereocenters. The number of carbonyl (C=O) groups is 1. The van der Waals surface area contributed by atoms with Gasteiger partial charge in [0.15, 0.2) is 5.69 Å². The van der Waals surface area contributed by atoms with Gasteiger partial charge in [0.1, 0.15) is 0 Å². The molecule has 1 aromatic carbocycles. The maximum Gasteiger partial charge on any atom is 0.276 e. The van der Waals surface area contributed by atoms with Gasteiger partial charge >= 0.3 is 0 Å². The lowest BCUT2D eigenvalue weighted by molar-refractivity contribution is 0.0481. The average Bonchev–Trinajstić information content (AvgIpc) is 3.13. The van der Waals surface area contributed by atoms with Crippen LogP contribution in [0.2, 0.25) is 0 Å². The molecular weight excluding hydrogens is 342 g/mol. The average molecular weight is 361 g/mol. The van der Waals surface area contributed by atoms with Crippen LogP contribution in [0.15, 0.2) is 41.4 Å². The van der Waals surface area contributed by atoms with E-state index in [2.05, 4.69) is 15.4 Å². The van der Waals surface area contributed by atoms with E-state index in [1.165, 1.54) is 6.20 Å². The number of aromatic nitrogens is 3. The topological polar surface area (TPSA) is 99.3 Å². The first-order chi connectivity index (χ1) is 11.9. The zero-order valence-electron chi connectivity index (χ0n) is 13.8. The van der Waals surface area contributed by atoms with Gasteiger partial charge in [-0.2, -0.15) is 19.7 Å². The SMILES string of the molecule is C[C@@H]1CN(C(=O)c2cn[nH]n2)CC2(CC2)N1S(=O)(=O)c1ccccc1. The molecular formula is C16H19N5O3S. The van der Waals surface area contributed by atoms with E-state index in [4.69, 9.17) is 0 Å². The Kier molecular flexibility index (Phi) is 3.66. The zero-order valence-corrected chi connectivity index (χ0v) is 14.6. The number of H-pyrrole nitrogens is 1. The van der Waals surface area contributed by atoms with Gasteiger partial charge in [0.25, 0.3) is 5.91 Å². The molecule has 1 saturated heterocycles. The third-order valence-corrected chi connectivity index (χ3v) is 7.02. The lowest BCUT2D eigenvalue weighted by atomic mass is 10.1. The summed E-state index contributed by atoms with van der Waals surface area (Å²) in [5.41, 5.74) is -0.256. The number of amides is 1. The maximum atomic E-state index is 13.2. The quantitative estimate of drug-likeness (QED) is 0.875. The van der Waals surface area contributed by atoms with E-state index >= 15 is 0 Å². The lowest BCUT2D eigenvalue weighted by Crippen LogP contribution is -2.62. The number of nitrogens with one attached hydrogen (secondary N) is 1. The third kappa shape index (κ3) is 2.63. The van der Waals surface area contributed by atoms with Crippen LogP contribution in [0.1, 0.15) is 30.3 Å². The molecule has 1 aromatic heterocycles. The first-order valence-corrected chi connectivity index (χ1v) is 9.63. The van der Waals surface area contributed by atoms with Crippen molar-refractivity contribution in [2.75, 3.05) is 13.1 Å². The summed E-state index contributed by atoms with van der Waals surface area (Å²) in [7, 11) is -3.60. The minimum absolute atomic E-state index is 0.219. The van der Waals surface area contributed by atoms with E-state index in [0.29, 0.717) is 18.0 Å². The molecule has 4 rings (SSSR count). The zero-order chi connectivity index (χ0) is 17.7. The van der Waals surface area contributed by atoms with Crippen molar-refractivity contribution in [2.45, 2.75) is 36.2 Å². The highest BCUT2D eigenvalue weighted by atomic mass is 32.2. The highest BCUT2D eigenvalue weighted by Gasteiger charge is 2.59. The first-order valence-electron chi connectivity index (χ1n) is 8.19. The number of aromatic amines is 1. The molecule has 2 fully saturated rings. The predicted molar refractivity (Wildman–Crippen MR) is 89.2 cm³/mol. The highest BCUT2D eigenvalue weighted by molar-refractivity contribution is 7.89. The maximum absolute atomic E-state index is 13.2. The molecule has 1 aliphatic carbocycles. The van der Waals surface area contributed by atoms with Crippen LogP contribution >= 0.6 is 0 Å². The van der Waals surface area contributed by atoms with E-state index in [1.54, 1.807) is 39.5 Å². The van der Waals surface area contributed by atoms with Crippen LogP contribution in [-0.2, 0) is 10.0 Å². The Bertz CT molecular complexity index is 878. The van der Waals surface area contributed by atoms with Crippen molar-refractivity contribution in [2.24, 2.45) is 0 Å². The number of carbonyl (C=O) groups excluding carboxylic acids is 1. The monoisotopic (exact) mass is 361 g/mol. The first kappa shape index (κ1) is 16.2. The molecule has 1 saturated carbocycles. The van der Waals surface area contributed by atoms with E-state index in [9.17, 15) is 13.2 Å². The van der Waals surface area contributed by atoms with Crippen LogP contribution in [0.25, 0.3) is 0 Å². The number of rotatable bonds is 3. The fourth-order valence-electron chi connectivity index (χ4n) is 3.69. The van der Waals surface area contributed by atoms with E-state index < -0.39 is 15.6 Å². The molecule has 1 spiro atoms. The Hall–Kier alpha value is -2.26. The Labute approximate surface area is 145 Å². The largest absolute Gasteiger partial charge is 0.334 e. The van der Waals surface area contributed by atoms with Crippen LogP contribution in [-0.4, -0.2) is 63.6 Å². The summed E-state index contributed by atoms with van der Waals surface area (Å²) in [4.78, 5) is 14.6. The van der Waals surface area contributed by atoms with Crippen molar-refractivity contribution in [3.05, 3.63) is 42.2 Å². The normalized spacial score (nSPS) is 22.9. The third-order valence-electron chi connectivity index (χ3n) is 4.89. The van der Waals surface area contributed by atoms with Crippen LogP contribution in [0.5, 0.6) is 0 Å². The Morgan fingerprint density at radius 3 is 2.60 bits per heavy atom. The molecule has 2 heterocycles. The number of hydrogen-bond acceptors (Lipinski definition) is 5. The molecule has 132 valence electrons. The molecule has 1 amide bonds. The van der Waals surface area contributed by atoms with Gasteiger partial charge < -0.3 is 4.90 Å². The second-order valence-electron chi connectivity index (χ2n) is 6.73. The minimum Gasteiger partial charge on any atom is -0.334 e. The standard InChI is InChI=1S/C16H19N5O3S/c1-12-10-20(15(22)14-9-17-19-18-14)11-16(7-8-16)21(12)25(23,24)13-5-3-2-4-6-13/h2-6,9,12H,7-8,10-11H2,1H3,(H,17,18,19)/t12-/m1/s1. The number of piperazine rings is 1. The molecule has 8 nitrogen and oxygen atoms in total. The summed E-state index contributed by atoms with van der Waals surface area (Å²) in [6, 6.07) is 8.17. The summed E-state index contributed by atoms with van der Waals surface area (Å²) in [6.07, 6.45) is 2.90. The van der Waals surface area contributed by atoms with Crippen molar-refractivity contribution in [1.29, 1.82) is 0 Å². The van der Waals surface area contributed by atoms with Crippen molar-refractivity contribution in [1.82, 2.24) is 24.6 Å². The molecule has 25 heavy (non-hydrogen) atoms. The number of benzene rings is 1. The molecule has 1 aliphatic heterocycles. The second kappa shape index (κ2) is 5.63. The molecule has 1 N–H and O–H groups in total. The summed E-state index contributed by atoms with van der Waals surface area (Å²) in [5, 5.41) is 9.95. The van der Waals surface area contributed by atoms with Gasteiger partial charge in [-0.25, -0.2) is 8.42 Å². The van der Waals surface area contributed by atoms with Crippen LogP contribution in [0.4, 0.5) is 0 Å². The summed E-state index contributed by atoms with van der Waals surface area (Å²) >= 11 is 0. The van der Waals surface area contributed by atoms with E-state index in [0.717, 1.165) is 12.8 Å². The molecule has 2 aliphatic rings. The molecule has 0 radical (unpaired) electrons. The predicted octanol–water partition coefficient (Wildman–Crippen LogP) is 0.872. The Morgan fingerprint density at radius 2 is 2.00 bits per heavy atom. The van der Waals surface area contributed by atoms with Crippen molar-refractivity contribution in [3.8, 4) is 0 Å². The smallest absolute Gasteiger partial charge is 0.276 e. The van der Waals surface area contributed by atoms with Crippen LogP contribution in [0.3, 0.4) is 0 Å². The number of hydrogen-bond donors (Lipinski definition) is 1. The van der Waals surface area contributed by atoms with Gasteiger partial charge in [0, 0.05) is 19.1 Å². The van der Waals surface area contributed by atoms with Gasteiger partial charge in [-0.1, -0.05) is 18.2 Å². The fourth-order valence-corrected chi connectivity index (χ4v) is 5.71. The van der Waals surface area contributed by atoms with E-state index in [-0.39, 0.29) is 17.6 Å². The molecule has 0 unspecified atom stereocenters. The summed E-state index contributed by atoms with van der Waals surface area (Å²) < 4.78 is 27.9. The number of nitrogens with zero attached hydrogens (tertiary/aromatic N) is 4. The van der Waals surface area contributed by atoms with Gasteiger partial charge in [-0.15, -0.1) is 0 Å². The van der Waals surface area contributed by atoms with Crippen molar-refractivity contribution >= 4 is 15.9 Å². The van der Waals surface area contributed by atoms with Gasteiger partial charge in [0.05, 0.1) is 16.6 Å². The second-order valence-corrected chi connectivity index (χ2v) is 8.54. The molecule has 0 bridgehead atoms. The van der Waals surface area contributed by atoms with Crippen molar-refractivity contribution < 1.29 is 13.2 Å². The van der Waals surface area contributed by atoms with Gasteiger partial charge in [-0.05, 0) is 31.9 Å². The summed E-state index contributed by atoms with van der Waals surface area (Å²) in [6.45, 7) is 2.57. The van der Waals surface area contributed by atoms with Crippen LogP contribution < -0.4 is 0 Å². The molecule has 9 heteroatoms. The van der Waals surface area contributed by atoms with Gasteiger partial charge in [-0.3, -0.25) is 4.79 Å². The molecule has 2 aromatic rings. The summed E-state index contributed by atoms with van der Waals surface area (Å²) in [5.74, 6) is -0.219. The lowest BCUT2D eigenvalue weighted by Gasteiger charge is -2.45. The van der Waals surface area contributed by atoms with Gasteiger partial charge in [0.2, 0.25) is 10.0 Å². The Balaban J connectivity index is 1.64. The Morgan fingerprint density at radius 1 is 1.28 bits per heavy atom. The van der Waals surface area contributed by atoms with Crippen LogP contribution in [0, 0.1) is 0 Å². The minimum atomic E-state index is -3.60. The fraction of sp³-hybridized carbons (Fsp3) is 0.438. The van der Waals surface area contributed by atoms with E-state index in [1.807, 2.05) is 6.92 Å². The van der Waals surface area contributed by atoms with Crippen molar-refractivity contribution in [3.63, 3.8) is 0 Å².